The van der Waals surface area contributed by atoms with E-state index in [1.807, 2.05) is 13.8 Å². The average molecular weight is 196 g/mol. The van der Waals surface area contributed by atoms with Gasteiger partial charge >= 0.3 is 0 Å². The van der Waals surface area contributed by atoms with Crippen LogP contribution in [0.25, 0.3) is 0 Å². The molecule has 0 radical (unpaired) electrons. The van der Waals surface area contributed by atoms with Crippen molar-refractivity contribution in [1.82, 2.24) is 10.6 Å². The van der Waals surface area contributed by atoms with Gasteiger partial charge < -0.3 is 15.4 Å². The first kappa shape index (κ1) is 9.37. The normalized spacial score (nSPS) is 25.4. The Balaban J connectivity index is 2.22. The monoisotopic (exact) mass is 196 g/mol. The van der Waals surface area contributed by atoms with Crippen LogP contribution in [0.2, 0.25) is 0 Å². The van der Waals surface area contributed by atoms with E-state index in [0.717, 1.165) is 25.1 Å². The smallest absolute Gasteiger partial charge is 0.252 e. The largest absolute Gasteiger partial charge is 0.472 e. The fourth-order valence-corrected chi connectivity index (χ4v) is 1.81. The number of rotatable bonds is 0. The summed E-state index contributed by atoms with van der Waals surface area (Å²) in [5.41, 5.74) is 0.508. The Hall–Kier alpha value is -1.19. The lowest BCUT2D eigenvalue weighted by atomic mass is 10.0. The van der Waals surface area contributed by atoms with Gasteiger partial charge in [0.2, 0.25) is 0 Å². The molecular formula is C10H16N2O2. The van der Waals surface area contributed by atoms with Gasteiger partial charge in [0.1, 0.15) is 5.60 Å². The van der Waals surface area contributed by atoms with Gasteiger partial charge in [0.25, 0.3) is 5.91 Å². The van der Waals surface area contributed by atoms with Crippen molar-refractivity contribution in [2.45, 2.75) is 32.3 Å². The van der Waals surface area contributed by atoms with Crippen LogP contribution in [0, 0.1) is 0 Å². The molecule has 4 heteroatoms. The van der Waals surface area contributed by atoms with Gasteiger partial charge in [0, 0.05) is 19.5 Å². The molecule has 0 saturated heterocycles. The third-order valence-corrected chi connectivity index (χ3v) is 2.45. The molecule has 0 saturated carbocycles. The maximum absolute atomic E-state index is 11.6. The predicted molar refractivity (Wildman–Crippen MR) is 52.4 cm³/mol. The second kappa shape index (κ2) is 3.19. The molecule has 0 aromatic rings. The van der Waals surface area contributed by atoms with E-state index in [1.54, 1.807) is 0 Å². The van der Waals surface area contributed by atoms with E-state index < -0.39 is 0 Å². The molecular weight excluding hydrogens is 180 g/mol. The summed E-state index contributed by atoms with van der Waals surface area (Å²) in [5.74, 6) is 0.685. The van der Waals surface area contributed by atoms with Crippen LogP contribution >= 0.6 is 0 Å². The molecule has 2 rings (SSSR count). The van der Waals surface area contributed by atoms with Crippen LogP contribution in [0.5, 0.6) is 0 Å². The number of hydrogen-bond donors (Lipinski definition) is 2. The molecule has 0 bridgehead atoms. The Kier molecular flexibility index (Phi) is 2.13. The minimum absolute atomic E-state index is 0.0118. The van der Waals surface area contributed by atoms with E-state index in [0.29, 0.717) is 12.3 Å². The van der Waals surface area contributed by atoms with Gasteiger partial charge in [-0.25, -0.2) is 0 Å². The Morgan fingerprint density at radius 2 is 2.00 bits per heavy atom. The van der Waals surface area contributed by atoms with Crippen molar-refractivity contribution < 1.29 is 9.53 Å². The van der Waals surface area contributed by atoms with Crippen molar-refractivity contribution in [2.75, 3.05) is 13.1 Å². The summed E-state index contributed by atoms with van der Waals surface area (Å²) in [4.78, 5) is 11.6. The zero-order valence-electron chi connectivity index (χ0n) is 8.64. The van der Waals surface area contributed by atoms with Gasteiger partial charge in [0.05, 0.1) is 5.57 Å². The lowest BCUT2D eigenvalue weighted by Crippen LogP contribution is -2.32. The molecule has 14 heavy (non-hydrogen) atoms. The third kappa shape index (κ3) is 1.69. The van der Waals surface area contributed by atoms with Gasteiger partial charge in [-0.2, -0.15) is 0 Å². The second-order valence-electron chi connectivity index (χ2n) is 4.38. The number of ether oxygens (including phenoxy) is 1. The van der Waals surface area contributed by atoms with Crippen molar-refractivity contribution >= 4 is 5.91 Å². The van der Waals surface area contributed by atoms with Crippen LogP contribution < -0.4 is 10.6 Å². The molecule has 0 unspecified atom stereocenters. The maximum atomic E-state index is 11.6. The summed E-state index contributed by atoms with van der Waals surface area (Å²) in [6, 6.07) is 0. The standard InChI is InChI=1S/C10H16N2O2/c1-10(2)6-7-8(13)11-4-3-5-12-9(7)14-10/h12H,3-6H2,1-2H3,(H,11,13). The molecule has 1 amide bonds. The Labute approximate surface area is 83.7 Å². The molecule has 0 atom stereocenters. The number of hydrogen-bond acceptors (Lipinski definition) is 3. The molecule has 0 aromatic heterocycles. The van der Waals surface area contributed by atoms with Gasteiger partial charge in [-0.15, -0.1) is 0 Å². The molecule has 78 valence electrons. The quantitative estimate of drug-likeness (QED) is 0.593. The zero-order valence-corrected chi connectivity index (χ0v) is 8.64. The van der Waals surface area contributed by atoms with Crippen molar-refractivity contribution in [3.05, 3.63) is 11.5 Å². The summed E-state index contributed by atoms with van der Waals surface area (Å²) in [6.45, 7) is 5.58. The summed E-state index contributed by atoms with van der Waals surface area (Å²) < 4.78 is 5.67. The van der Waals surface area contributed by atoms with Crippen LogP contribution in [0.3, 0.4) is 0 Å². The molecule has 2 aliphatic rings. The first-order chi connectivity index (χ1) is 6.58. The van der Waals surface area contributed by atoms with Crippen LogP contribution in [0.1, 0.15) is 26.7 Å². The minimum atomic E-state index is -0.251. The fourth-order valence-electron chi connectivity index (χ4n) is 1.81. The van der Waals surface area contributed by atoms with Crippen molar-refractivity contribution in [3.63, 3.8) is 0 Å². The van der Waals surface area contributed by atoms with Crippen LogP contribution in [-0.4, -0.2) is 24.6 Å². The number of carbonyl (C=O) groups excluding carboxylic acids is 1. The predicted octanol–water partition coefficient (Wildman–Crippen LogP) is 0.506. The molecule has 0 aromatic carbocycles. The van der Waals surface area contributed by atoms with Gasteiger partial charge in [-0.3, -0.25) is 4.79 Å². The average Bonchev–Trinajstić information content (AvgIpc) is 2.38. The molecule has 0 aliphatic carbocycles. The lowest BCUT2D eigenvalue weighted by Gasteiger charge is -2.19. The highest BCUT2D eigenvalue weighted by molar-refractivity contribution is 5.94. The van der Waals surface area contributed by atoms with E-state index in [4.69, 9.17) is 4.74 Å². The third-order valence-electron chi connectivity index (χ3n) is 2.45. The highest BCUT2D eigenvalue weighted by Gasteiger charge is 2.36. The second-order valence-corrected chi connectivity index (χ2v) is 4.38. The number of amides is 1. The van der Waals surface area contributed by atoms with Gasteiger partial charge in [-0.05, 0) is 20.3 Å². The van der Waals surface area contributed by atoms with E-state index in [9.17, 15) is 4.79 Å². The van der Waals surface area contributed by atoms with Crippen LogP contribution in [-0.2, 0) is 9.53 Å². The fraction of sp³-hybridized carbons (Fsp3) is 0.700. The van der Waals surface area contributed by atoms with E-state index >= 15 is 0 Å². The lowest BCUT2D eigenvalue weighted by molar-refractivity contribution is -0.117. The van der Waals surface area contributed by atoms with E-state index in [-0.39, 0.29) is 11.5 Å². The molecule has 2 N–H and O–H groups in total. The topological polar surface area (TPSA) is 50.4 Å². The Morgan fingerprint density at radius 3 is 2.79 bits per heavy atom. The Morgan fingerprint density at radius 1 is 1.29 bits per heavy atom. The summed E-state index contributed by atoms with van der Waals surface area (Å²) in [5, 5.41) is 6.04. The molecule has 4 nitrogen and oxygen atoms in total. The summed E-state index contributed by atoms with van der Waals surface area (Å²) >= 11 is 0. The van der Waals surface area contributed by atoms with Gasteiger partial charge in [-0.1, -0.05) is 0 Å². The van der Waals surface area contributed by atoms with Crippen molar-refractivity contribution in [3.8, 4) is 0 Å². The van der Waals surface area contributed by atoms with Crippen molar-refractivity contribution in [2.24, 2.45) is 0 Å². The molecule has 2 aliphatic heterocycles. The number of nitrogens with one attached hydrogen (secondary N) is 2. The summed E-state index contributed by atoms with van der Waals surface area (Å²) in [6.07, 6.45) is 1.62. The molecule has 0 fully saturated rings. The first-order valence-corrected chi connectivity index (χ1v) is 5.03. The summed E-state index contributed by atoms with van der Waals surface area (Å²) in [7, 11) is 0. The van der Waals surface area contributed by atoms with Crippen molar-refractivity contribution in [1.29, 1.82) is 0 Å². The first-order valence-electron chi connectivity index (χ1n) is 5.03. The minimum Gasteiger partial charge on any atom is -0.472 e. The SMILES string of the molecule is CC1(C)CC2=C(NCCCNC2=O)O1. The molecule has 0 spiro atoms. The highest BCUT2D eigenvalue weighted by Crippen LogP contribution is 2.32. The Bertz CT molecular complexity index is 294. The highest BCUT2D eigenvalue weighted by atomic mass is 16.5. The maximum Gasteiger partial charge on any atom is 0.252 e. The zero-order chi connectivity index (χ0) is 10.2. The molecule has 2 heterocycles. The van der Waals surface area contributed by atoms with Crippen LogP contribution in [0.15, 0.2) is 11.5 Å². The van der Waals surface area contributed by atoms with Gasteiger partial charge in [0.15, 0.2) is 5.88 Å². The van der Waals surface area contributed by atoms with E-state index in [2.05, 4.69) is 10.6 Å². The van der Waals surface area contributed by atoms with E-state index in [1.165, 1.54) is 0 Å². The number of carbonyl (C=O) groups is 1. The van der Waals surface area contributed by atoms with Crippen LogP contribution in [0.4, 0.5) is 0 Å².